The minimum absolute atomic E-state index is 0.0255. The molecule has 0 aromatic heterocycles. The zero-order valence-corrected chi connectivity index (χ0v) is 10.4. The van der Waals surface area contributed by atoms with E-state index in [0.29, 0.717) is 0 Å². The molecule has 1 saturated heterocycles. The molecule has 2 fully saturated rings. The summed E-state index contributed by atoms with van der Waals surface area (Å²) in [7, 11) is 0. The average molecular weight is 229 g/mol. The predicted molar refractivity (Wildman–Crippen MR) is 61.8 cm³/mol. The fourth-order valence-electron chi connectivity index (χ4n) is 2.13. The SMILES string of the molecule is CC(C)(C)OC(=O)C1CC2(C1)NCCS2. The van der Waals surface area contributed by atoms with Crippen molar-refractivity contribution in [1.82, 2.24) is 5.32 Å². The van der Waals surface area contributed by atoms with Gasteiger partial charge in [-0.3, -0.25) is 4.79 Å². The van der Waals surface area contributed by atoms with Crippen molar-refractivity contribution in [3.8, 4) is 0 Å². The molecule has 0 radical (unpaired) electrons. The molecule has 1 saturated carbocycles. The number of nitrogens with one attached hydrogen (secondary N) is 1. The van der Waals surface area contributed by atoms with Crippen LogP contribution in [0.4, 0.5) is 0 Å². The van der Waals surface area contributed by atoms with E-state index in [9.17, 15) is 4.79 Å². The summed E-state index contributed by atoms with van der Waals surface area (Å²) >= 11 is 1.95. The van der Waals surface area contributed by atoms with Crippen LogP contribution in [0.15, 0.2) is 0 Å². The molecule has 0 unspecified atom stereocenters. The summed E-state index contributed by atoms with van der Waals surface area (Å²) in [5.41, 5.74) is -0.351. The summed E-state index contributed by atoms with van der Waals surface area (Å²) in [6.07, 6.45) is 1.87. The van der Waals surface area contributed by atoms with Gasteiger partial charge in [-0.25, -0.2) is 0 Å². The average Bonchev–Trinajstić information content (AvgIpc) is 2.44. The number of carbonyl (C=O) groups is 1. The fraction of sp³-hybridized carbons (Fsp3) is 0.909. The first kappa shape index (κ1) is 11.3. The van der Waals surface area contributed by atoms with E-state index in [0.717, 1.165) is 19.4 Å². The van der Waals surface area contributed by atoms with Gasteiger partial charge in [-0.05, 0) is 33.6 Å². The van der Waals surface area contributed by atoms with Gasteiger partial charge in [-0.2, -0.15) is 0 Å². The Labute approximate surface area is 95.3 Å². The molecule has 0 amide bonds. The van der Waals surface area contributed by atoms with E-state index in [2.05, 4.69) is 5.32 Å². The van der Waals surface area contributed by atoms with Crippen molar-refractivity contribution in [3.63, 3.8) is 0 Å². The molecule has 1 aliphatic carbocycles. The van der Waals surface area contributed by atoms with E-state index in [-0.39, 0.29) is 22.4 Å². The molecular weight excluding hydrogens is 210 g/mol. The van der Waals surface area contributed by atoms with E-state index >= 15 is 0 Å². The highest BCUT2D eigenvalue weighted by Crippen LogP contribution is 2.48. The molecule has 15 heavy (non-hydrogen) atoms. The molecule has 0 bridgehead atoms. The van der Waals surface area contributed by atoms with Crippen molar-refractivity contribution in [2.45, 2.75) is 44.1 Å². The molecule has 0 aromatic rings. The van der Waals surface area contributed by atoms with Gasteiger partial charge in [0.25, 0.3) is 0 Å². The second-order valence-corrected chi connectivity index (χ2v) is 6.89. The highest BCUT2D eigenvalue weighted by molar-refractivity contribution is 8.00. The molecule has 86 valence electrons. The van der Waals surface area contributed by atoms with Gasteiger partial charge in [-0.1, -0.05) is 0 Å². The van der Waals surface area contributed by atoms with Crippen LogP contribution >= 0.6 is 11.8 Å². The Hall–Kier alpha value is -0.220. The summed E-state index contributed by atoms with van der Waals surface area (Å²) in [5.74, 6) is 1.26. The monoisotopic (exact) mass is 229 g/mol. The number of ether oxygens (including phenoxy) is 1. The van der Waals surface area contributed by atoms with Crippen LogP contribution in [0, 0.1) is 5.92 Å². The molecule has 2 aliphatic rings. The maximum atomic E-state index is 11.7. The van der Waals surface area contributed by atoms with Crippen molar-refractivity contribution in [2.24, 2.45) is 5.92 Å². The Kier molecular flexibility index (Phi) is 2.75. The molecule has 2 rings (SSSR count). The Morgan fingerprint density at radius 3 is 2.60 bits per heavy atom. The van der Waals surface area contributed by atoms with E-state index in [1.54, 1.807) is 0 Å². The van der Waals surface area contributed by atoms with Crippen LogP contribution in [0.3, 0.4) is 0 Å². The van der Waals surface area contributed by atoms with Gasteiger partial charge in [0.15, 0.2) is 0 Å². The second kappa shape index (κ2) is 3.67. The third kappa shape index (κ3) is 2.48. The molecule has 1 heterocycles. The first-order valence-corrected chi connectivity index (χ1v) is 6.51. The minimum atomic E-state index is -0.351. The number of hydrogen-bond acceptors (Lipinski definition) is 4. The normalized spacial score (nSPS) is 35.3. The largest absolute Gasteiger partial charge is 0.460 e. The summed E-state index contributed by atoms with van der Waals surface area (Å²) in [5, 5.41) is 3.47. The van der Waals surface area contributed by atoms with Gasteiger partial charge in [0.1, 0.15) is 5.60 Å². The summed E-state index contributed by atoms with van der Waals surface area (Å²) < 4.78 is 5.37. The van der Waals surface area contributed by atoms with Crippen LogP contribution in [0.1, 0.15) is 33.6 Å². The summed E-state index contributed by atoms with van der Waals surface area (Å²) in [6, 6.07) is 0. The topological polar surface area (TPSA) is 38.3 Å². The standard InChI is InChI=1S/C11H19NO2S/c1-10(2,3)14-9(13)8-6-11(7-8)12-4-5-15-11/h8,12H,4-7H2,1-3H3. The Morgan fingerprint density at radius 2 is 2.13 bits per heavy atom. The van der Waals surface area contributed by atoms with Gasteiger partial charge in [0, 0.05) is 12.3 Å². The zero-order valence-electron chi connectivity index (χ0n) is 9.63. The lowest BCUT2D eigenvalue weighted by molar-refractivity contribution is -0.164. The number of rotatable bonds is 1. The predicted octanol–water partition coefficient (Wildman–Crippen LogP) is 1.77. The number of hydrogen-bond donors (Lipinski definition) is 1. The molecule has 0 aromatic carbocycles. The molecule has 1 N–H and O–H groups in total. The maximum Gasteiger partial charge on any atom is 0.309 e. The van der Waals surface area contributed by atoms with E-state index in [1.807, 2.05) is 32.5 Å². The van der Waals surface area contributed by atoms with Crippen LogP contribution < -0.4 is 5.32 Å². The third-order valence-electron chi connectivity index (χ3n) is 2.82. The first-order valence-electron chi connectivity index (χ1n) is 5.52. The van der Waals surface area contributed by atoms with Crippen LogP contribution in [-0.4, -0.2) is 28.7 Å². The van der Waals surface area contributed by atoms with Crippen molar-refractivity contribution in [3.05, 3.63) is 0 Å². The number of carbonyl (C=O) groups excluding carboxylic acids is 1. The molecule has 3 nitrogen and oxygen atoms in total. The molecule has 1 aliphatic heterocycles. The Bertz CT molecular complexity index is 258. The highest BCUT2D eigenvalue weighted by atomic mass is 32.2. The quantitative estimate of drug-likeness (QED) is 0.696. The number of esters is 1. The van der Waals surface area contributed by atoms with E-state index < -0.39 is 0 Å². The minimum Gasteiger partial charge on any atom is -0.460 e. The van der Waals surface area contributed by atoms with Crippen molar-refractivity contribution in [2.75, 3.05) is 12.3 Å². The molecular formula is C11H19NO2S. The third-order valence-corrected chi connectivity index (χ3v) is 4.26. The van der Waals surface area contributed by atoms with E-state index in [4.69, 9.17) is 4.74 Å². The fourth-order valence-corrected chi connectivity index (χ4v) is 3.56. The van der Waals surface area contributed by atoms with Crippen LogP contribution in [-0.2, 0) is 9.53 Å². The van der Waals surface area contributed by atoms with Crippen LogP contribution in [0.5, 0.6) is 0 Å². The van der Waals surface area contributed by atoms with Crippen molar-refractivity contribution >= 4 is 17.7 Å². The van der Waals surface area contributed by atoms with Crippen LogP contribution in [0.2, 0.25) is 0 Å². The van der Waals surface area contributed by atoms with Gasteiger partial charge >= 0.3 is 5.97 Å². The smallest absolute Gasteiger partial charge is 0.309 e. The maximum absolute atomic E-state index is 11.7. The van der Waals surface area contributed by atoms with Crippen LogP contribution in [0.25, 0.3) is 0 Å². The molecule has 4 heteroatoms. The molecule has 0 atom stereocenters. The van der Waals surface area contributed by atoms with Gasteiger partial charge in [-0.15, -0.1) is 11.8 Å². The Balaban J connectivity index is 1.81. The lowest BCUT2D eigenvalue weighted by Gasteiger charge is -2.43. The summed E-state index contributed by atoms with van der Waals surface area (Å²) in [4.78, 5) is 11.9. The summed E-state index contributed by atoms with van der Waals surface area (Å²) in [6.45, 7) is 6.83. The lowest BCUT2D eigenvalue weighted by atomic mass is 9.79. The first-order chi connectivity index (χ1) is 6.90. The molecule has 1 spiro atoms. The zero-order chi connectivity index (χ0) is 11.1. The van der Waals surface area contributed by atoms with Crippen molar-refractivity contribution in [1.29, 1.82) is 0 Å². The van der Waals surface area contributed by atoms with E-state index in [1.165, 1.54) is 5.75 Å². The van der Waals surface area contributed by atoms with Gasteiger partial charge < -0.3 is 10.1 Å². The second-order valence-electron chi connectivity index (χ2n) is 5.41. The highest BCUT2D eigenvalue weighted by Gasteiger charge is 2.50. The van der Waals surface area contributed by atoms with Gasteiger partial charge in [0.2, 0.25) is 0 Å². The van der Waals surface area contributed by atoms with Gasteiger partial charge in [0.05, 0.1) is 10.8 Å². The van der Waals surface area contributed by atoms with Crippen molar-refractivity contribution < 1.29 is 9.53 Å². The lowest BCUT2D eigenvalue weighted by Crippen LogP contribution is -2.52. The number of thioether (sulfide) groups is 1. The Morgan fingerprint density at radius 1 is 1.47 bits per heavy atom.